The molecule has 2 N–H and O–H groups in total. The molecule has 0 aliphatic carbocycles. The number of nitrogens with two attached hydrogens (primary N) is 1. The summed E-state index contributed by atoms with van der Waals surface area (Å²) in [5.41, 5.74) is 8.61. The Morgan fingerprint density at radius 3 is 3.00 bits per heavy atom. The molecule has 1 aromatic carbocycles. The molecule has 0 unspecified atom stereocenters. The SMILES string of the molecule is CCOC(=O)c1c(N)sc2c1-c1ccccc1SC2. The van der Waals surface area contributed by atoms with Crippen LogP contribution in [0.3, 0.4) is 0 Å². The van der Waals surface area contributed by atoms with E-state index in [0.717, 1.165) is 21.8 Å². The van der Waals surface area contributed by atoms with Gasteiger partial charge in [0.05, 0.1) is 6.61 Å². The van der Waals surface area contributed by atoms with Crippen molar-refractivity contribution in [2.24, 2.45) is 0 Å². The monoisotopic (exact) mass is 291 g/mol. The number of anilines is 1. The van der Waals surface area contributed by atoms with Gasteiger partial charge in [0.1, 0.15) is 10.6 Å². The van der Waals surface area contributed by atoms with E-state index in [1.54, 1.807) is 18.7 Å². The maximum absolute atomic E-state index is 12.1. The highest BCUT2D eigenvalue weighted by molar-refractivity contribution is 7.98. The maximum atomic E-state index is 12.1. The van der Waals surface area contributed by atoms with Gasteiger partial charge in [-0.05, 0) is 18.6 Å². The molecule has 0 radical (unpaired) electrons. The molecule has 0 saturated carbocycles. The highest BCUT2D eigenvalue weighted by Crippen LogP contribution is 2.48. The lowest BCUT2D eigenvalue weighted by Crippen LogP contribution is -2.08. The van der Waals surface area contributed by atoms with E-state index >= 15 is 0 Å². The Balaban J connectivity index is 2.20. The summed E-state index contributed by atoms with van der Waals surface area (Å²) in [6.07, 6.45) is 0. The van der Waals surface area contributed by atoms with Gasteiger partial charge in [0, 0.05) is 21.1 Å². The van der Waals surface area contributed by atoms with E-state index in [4.69, 9.17) is 10.5 Å². The first-order valence-electron chi connectivity index (χ1n) is 6.02. The molecular weight excluding hydrogens is 278 g/mol. The molecule has 3 nitrogen and oxygen atoms in total. The standard InChI is InChI=1S/C14H13NO2S2/c1-2-17-14(16)12-11-8-5-3-4-6-9(8)18-7-10(11)19-13(12)15/h3-6H,2,7,15H2,1H3. The highest BCUT2D eigenvalue weighted by atomic mass is 32.2. The first-order valence-corrected chi connectivity index (χ1v) is 7.83. The summed E-state index contributed by atoms with van der Waals surface area (Å²) in [5, 5.41) is 0.556. The fourth-order valence-corrected chi connectivity index (χ4v) is 4.44. The summed E-state index contributed by atoms with van der Waals surface area (Å²) in [7, 11) is 0. The lowest BCUT2D eigenvalue weighted by atomic mass is 10.0. The summed E-state index contributed by atoms with van der Waals surface area (Å²) >= 11 is 3.27. The van der Waals surface area contributed by atoms with Crippen LogP contribution in [-0.4, -0.2) is 12.6 Å². The van der Waals surface area contributed by atoms with E-state index in [1.807, 2.05) is 18.2 Å². The van der Waals surface area contributed by atoms with Gasteiger partial charge < -0.3 is 10.5 Å². The second-order valence-electron chi connectivity index (χ2n) is 4.14. The predicted octanol–water partition coefficient (Wildman–Crippen LogP) is 3.78. The minimum atomic E-state index is -0.320. The Hall–Kier alpha value is -1.46. The van der Waals surface area contributed by atoms with Crippen LogP contribution in [0.25, 0.3) is 11.1 Å². The minimum absolute atomic E-state index is 0.320. The van der Waals surface area contributed by atoms with Crippen molar-refractivity contribution >= 4 is 34.1 Å². The first kappa shape index (κ1) is 12.6. The van der Waals surface area contributed by atoms with Crippen molar-refractivity contribution in [3.8, 4) is 11.1 Å². The summed E-state index contributed by atoms with van der Waals surface area (Å²) in [4.78, 5) is 14.5. The van der Waals surface area contributed by atoms with Crippen LogP contribution in [0.15, 0.2) is 29.2 Å². The summed E-state index contributed by atoms with van der Waals surface area (Å²) in [6, 6.07) is 8.11. The van der Waals surface area contributed by atoms with E-state index in [9.17, 15) is 4.79 Å². The van der Waals surface area contributed by atoms with Crippen LogP contribution in [0, 0.1) is 0 Å². The van der Waals surface area contributed by atoms with Crippen LogP contribution in [-0.2, 0) is 10.5 Å². The molecule has 0 fully saturated rings. The molecule has 2 heterocycles. The smallest absolute Gasteiger partial charge is 0.341 e. The molecule has 19 heavy (non-hydrogen) atoms. The molecule has 0 amide bonds. The quantitative estimate of drug-likeness (QED) is 0.856. The number of hydrogen-bond donors (Lipinski definition) is 1. The zero-order valence-electron chi connectivity index (χ0n) is 10.4. The zero-order valence-corrected chi connectivity index (χ0v) is 12.1. The molecular formula is C14H13NO2S2. The third-order valence-corrected chi connectivity index (χ3v) is 5.30. The fourth-order valence-electron chi connectivity index (χ4n) is 2.23. The van der Waals surface area contributed by atoms with Crippen molar-refractivity contribution in [2.45, 2.75) is 17.6 Å². The van der Waals surface area contributed by atoms with Crippen molar-refractivity contribution < 1.29 is 9.53 Å². The van der Waals surface area contributed by atoms with Crippen molar-refractivity contribution in [3.05, 3.63) is 34.7 Å². The highest BCUT2D eigenvalue weighted by Gasteiger charge is 2.28. The fraction of sp³-hybridized carbons (Fsp3) is 0.214. The number of carbonyl (C=O) groups excluding carboxylic acids is 1. The van der Waals surface area contributed by atoms with E-state index in [-0.39, 0.29) is 5.97 Å². The molecule has 5 heteroatoms. The Morgan fingerprint density at radius 1 is 1.42 bits per heavy atom. The largest absolute Gasteiger partial charge is 0.462 e. The third kappa shape index (κ3) is 2.03. The second kappa shape index (κ2) is 4.90. The number of thiophene rings is 1. The number of rotatable bonds is 2. The van der Waals surface area contributed by atoms with Crippen LogP contribution in [0.5, 0.6) is 0 Å². The third-order valence-electron chi connectivity index (χ3n) is 3.00. The number of hydrogen-bond acceptors (Lipinski definition) is 5. The molecule has 98 valence electrons. The molecule has 1 aliphatic rings. The predicted molar refractivity (Wildman–Crippen MR) is 79.7 cm³/mol. The van der Waals surface area contributed by atoms with E-state index in [1.165, 1.54) is 16.2 Å². The molecule has 1 aliphatic heterocycles. The summed E-state index contributed by atoms with van der Waals surface area (Å²) in [5.74, 6) is 0.542. The van der Waals surface area contributed by atoms with Crippen molar-refractivity contribution in [1.82, 2.24) is 0 Å². The van der Waals surface area contributed by atoms with Gasteiger partial charge in [-0.25, -0.2) is 4.79 Å². The zero-order chi connectivity index (χ0) is 13.4. The van der Waals surface area contributed by atoms with Crippen LogP contribution in [0.2, 0.25) is 0 Å². The lowest BCUT2D eigenvalue weighted by Gasteiger charge is -2.16. The van der Waals surface area contributed by atoms with Gasteiger partial charge >= 0.3 is 5.97 Å². The maximum Gasteiger partial charge on any atom is 0.341 e. The Kier molecular flexibility index (Phi) is 3.24. The van der Waals surface area contributed by atoms with Crippen LogP contribution in [0.1, 0.15) is 22.2 Å². The van der Waals surface area contributed by atoms with Gasteiger partial charge in [-0.15, -0.1) is 23.1 Å². The average molecular weight is 291 g/mol. The topological polar surface area (TPSA) is 52.3 Å². The Bertz CT molecular complexity index is 649. The molecule has 2 aromatic rings. The number of thioether (sulfide) groups is 1. The number of carbonyl (C=O) groups is 1. The number of nitrogen functional groups attached to an aromatic ring is 1. The van der Waals surface area contributed by atoms with E-state index in [2.05, 4.69) is 6.07 Å². The van der Waals surface area contributed by atoms with Gasteiger partial charge in [-0.2, -0.15) is 0 Å². The van der Waals surface area contributed by atoms with E-state index < -0.39 is 0 Å². The van der Waals surface area contributed by atoms with E-state index in [0.29, 0.717) is 17.2 Å². The molecule has 0 atom stereocenters. The number of esters is 1. The van der Waals surface area contributed by atoms with Gasteiger partial charge in [0.15, 0.2) is 0 Å². The second-order valence-corrected chi connectivity index (χ2v) is 6.30. The van der Waals surface area contributed by atoms with Crippen LogP contribution >= 0.6 is 23.1 Å². The van der Waals surface area contributed by atoms with Crippen molar-refractivity contribution in [1.29, 1.82) is 0 Å². The van der Waals surface area contributed by atoms with Crippen LogP contribution in [0.4, 0.5) is 5.00 Å². The Morgan fingerprint density at radius 2 is 2.21 bits per heavy atom. The van der Waals surface area contributed by atoms with Gasteiger partial charge in [0.25, 0.3) is 0 Å². The normalized spacial score (nSPS) is 12.7. The average Bonchev–Trinajstić information content (AvgIpc) is 2.75. The van der Waals surface area contributed by atoms with Gasteiger partial charge in [0.2, 0.25) is 0 Å². The molecule has 3 rings (SSSR count). The lowest BCUT2D eigenvalue weighted by molar-refractivity contribution is 0.0529. The summed E-state index contributed by atoms with van der Waals surface area (Å²) < 4.78 is 5.13. The van der Waals surface area contributed by atoms with Gasteiger partial charge in [-0.3, -0.25) is 0 Å². The Labute approximate surface area is 119 Å². The summed E-state index contributed by atoms with van der Waals surface area (Å²) in [6.45, 7) is 2.16. The molecule has 1 aromatic heterocycles. The van der Waals surface area contributed by atoms with Crippen LogP contribution < -0.4 is 5.73 Å². The van der Waals surface area contributed by atoms with Crippen molar-refractivity contribution in [2.75, 3.05) is 12.3 Å². The number of ether oxygens (including phenoxy) is 1. The van der Waals surface area contributed by atoms with Crippen molar-refractivity contribution in [3.63, 3.8) is 0 Å². The van der Waals surface area contributed by atoms with Gasteiger partial charge in [-0.1, -0.05) is 18.2 Å². The molecule has 0 saturated heterocycles. The molecule has 0 spiro atoms. The molecule has 0 bridgehead atoms. The first-order chi connectivity index (χ1) is 9.22. The minimum Gasteiger partial charge on any atom is -0.462 e. The number of benzene rings is 1. The number of fused-ring (bicyclic) bond motifs is 3.